The summed E-state index contributed by atoms with van der Waals surface area (Å²) in [4.78, 5) is 32.6. The van der Waals surface area contributed by atoms with Crippen molar-refractivity contribution in [2.45, 2.75) is 43.9 Å². The molecule has 0 bridgehead atoms. The molecule has 2 amide bonds. The van der Waals surface area contributed by atoms with Crippen LogP contribution >= 0.6 is 0 Å². The molecular formula is C28H28N2O3. The molecule has 1 aliphatic heterocycles. The molecule has 33 heavy (non-hydrogen) atoms. The third-order valence-electron chi connectivity index (χ3n) is 7.84. The number of hydrogen-bond acceptors (Lipinski definition) is 3. The summed E-state index contributed by atoms with van der Waals surface area (Å²) in [7, 11) is 1.61. The first-order valence-corrected chi connectivity index (χ1v) is 11.9. The highest BCUT2D eigenvalue weighted by molar-refractivity contribution is 6.24. The summed E-state index contributed by atoms with van der Waals surface area (Å²) >= 11 is 0. The Bertz CT molecular complexity index is 1200. The molecule has 5 heteroatoms. The molecule has 2 heterocycles. The van der Waals surface area contributed by atoms with E-state index in [2.05, 4.69) is 35.3 Å². The highest BCUT2D eigenvalue weighted by Crippen LogP contribution is 2.56. The van der Waals surface area contributed by atoms with Crippen molar-refractivity contribution < 1.29 is 14.3 Å². The lowest BCUT2D eigenvalue weighted by atomic mass is 9.62. The predicted octanol–water partition coefficient (Wildman–Crippen LogP) is 5.17. The van der Waals surface area contributed by atoms with Gasteiger partial charge in [0, 0.05) is 23.7 Å². The van der Waals surface area contributed by atoms with Gasteiger partial charge in [-0.2, -0.15) is 0 Å². The van der Waals surface area contributed by atoms with Crippen LogP contribution in [0.2, 0.25) is 0 Å². The molecule has 1 aromatic heterocycles. The topological polar surface area (TPSA) is 62.4 Å². The SMILES string of the molecule is COc1ccc(N2C(=O)[C@H]3[C@H]4CCCC[C@H]4c4[nH]c(Cc5ccccc5)cc4[C@H]3C2=O)cc1. The second-order valence-corrected chi connectivity index (χ2v) is 9.59. The van der Waals surface area contributed by atoms with Crippen LogP contribution in [0.25, 0.3) is 0 Å². The Kier molecular flexibility index (Phi) is 4.86. The summed E-state index contributed by atoms with van der Waals surface area (Å²) in [5.41, 5.74) is 5.24. The first-order valence-electron chi connectivity index (χ1n) is 11.9. The van der Waals surface area contributed by atoms with E-state index in [1.807, 2.05) is 18.2 Å². The largest absolute Gasteiger partial charge is 0.497 e. The van der Waals surface area contributed by atoms with Crippen LogP contribution in [0, 0.1) is 11.8 Å². The molecule has 168 valence electrons. The maximum atomic E-state index is 13.8. The molecule has 0 spiro atoms. The Morgan fingerprint density at radius 3 is 2.48 bits per heavy atom. The average Bonchev–Trinajstić information content (AvgIpc) is 3.38. The fraction of sp³-hybridized carbons (Fsp3) is 0.357. The summed E-state index contributed by atoms with van der Waals surface area (Å²) in [6.07, 6.45) is 5.19. The van der Waals surface area contributed by atoms with Gasteiger partial charge in [-0.3, -0.25) is 9.59 Å². The standard InChI is InChI=1S/C28H28N2O3/c1-33-20-13-11-19(12-14-20)30-27(31)24-21-9-5-6-10-22(21)26-23(25(24)28(30)32)16-18(29-26)15-17-7-3-2-4-8-17/h2-4,7-8,11-14,16,21-22,24-25,29H,5-6,9-10,15H2,1H3/t21-,22+,24-,25+/m0/s1. The van der Waals surface area contributed by atoms with Crippen LogP contribution in [0.4, 0.5) is 5.69 Å². The van der Waals surface area contributed by atoms with Crippen molar-refractivity contribution in [2.75, 3.05) is 12.0 Å². The van der Waals surface area contributed by atoms with Crippen molar-refractivity contribution in [3.05, 3.63) is 83.2 Å². The maximum absolute atomic E-state index is 13.8. The lowest BCUT2D eigenvalue weighted by Gasteiger charge is -2.40. The summed E-state index contributed by atoms with van der Waals surface area (Å²) in [5.74, 6) is 0.467. The van der Waals surface area contributed by atoms with Crippen molar-refractivity contribution in [1.82, 2.24) is 4.98 Å². The van der Waals surface area contributed by atoms with Gasteiger partial charge in [0.15, 0.2) is 0 Å². The Morgan fingerprint density at radius 1 is 0.970 bits per heavy atom. The minimum Gasteiger partial charge on any atom is -0.497 e. The van der Waals surface area contributed by atoms with Gasteiger partial charge in [0.2, 0.25) is 11.8 Å². The van der Waals surface area contributed by atoms with Crippen LogP contribution in [0.5, 0.6) is 5.75 Å². The number of nitrogens with one attached hydrogen (secondary N) is 1. The summed E-state index contributed by atoms with van der Waals surface area (Å²) < 4.78 is 5.26. The van der Waals surface area contributed by atoms with Crippen LogP contribution in [0.1, 0.15) is 60.0 Å². The number of fused-ring (bicyclic) bond motifs is 6. The van der Waals surface area contributed by atoms with Gasteiger partial charge in [0.05, 0.1) is 24.6 Å². The molecule has 2 fully saturated rings. The number of imide groups is 1. The number of amides is 2. The first-order chi connectivity index (χ1) is 16.2. The normalized spacial score (nSPS) is 26.0. The van der Waals surface area contributed by atoms with Crippen molar-refractivity contribution in [2.24, 2.45) is 11.8 Å². The smallest absolute Gasteiger partial charge is 0.242 e. The minimum atomic E-state index is -0.394. The molecule has 1 saturated heterocycles. The number of ether oxygens (including phenoxy) is 1. The minimum absolute atomic E-state index is 0.0384. The molecule has 2 aliphatic carbocycles. The predicted molar refractivity (Wildman–Crippen MR) is 126 cm³/mol. The summed E-state index contributed by atoms with van der Waals surface area (Å²) in [6, 6.07) is 19.8. The zero-order valence-corrected chi connectivity index (χ0v) is 18.8. The molecular weight excluding hydrogens is 412 g/mol. The number of benzene rings is 2. The van der Waals surface area contributed by atoms with Crippen molar-refractivity contribution in [1.29, 1.82) is 0 Å². The number of aromatic amines is 1. The Labute approximate surface area is 193 Å². The highest BCUT2D eigenvalue weighted by atomic mass is 16.5. The maximum Gasteiger partial charge on any atom is 0.242 e. The Hall–Kier alpha value is -3.34. The van der Waals surface area contributed by atoms with Crippen LogP contribution in [-0.2, 0) is 16.0 Å². The van der Waals surface area contributed by atoms with Crippen LogP contribution in [0.15, 0.2) is 60.7 Å². The molecule has 2 aromatic carbocycles. The van der Waals surface area contributed by atoms with Gasteiger partial charge in [-0.15, -0.1) is 0 Å². The van der Waals surface area contributed by atoms with E-state index in [9.17, 15) is 9.59 Å². The molecule has 0 unspecified atom stereocenters. The molecule has 5 nitrogen and oxygen atoms in total. The number of aromatic nitrogens is 1. The Balaban J connectivity index is 1.41. The second kappa shape index (κ2) is 7.91. The van der Waals surface area contributed by atoms with E-state index < -0.39 is 5.92 Å². The van der Waals surface area contributed by atoms with Crippen LogP contribution in [0.3, 0.4) is 0 Å². The number of nitrogens with zero attached hydrogens (tertiary/aromatic N) is 1. The Morgan fingerprint density at radius 2 is 1.73 bits per heavy atom. The highest BCUT2D eigenvalue weighted by Gasteiger charge is 2.58. The molecule has 6 rings (SSSR count). The molecule has 4 atom stereocenters. The third kappa shape index (κ3) is 3.21. The van der Waals surface area contributed by atoms with Gasteiger partial charge < -0.3 is 9.72 Å². The quantitative estimate of drug-likeness (QED) is 0.569. The third-order valence-corrected chi connectivity index (χ3v) is 7.84. The molecule has 1 saturated carbocycles. The number of rotatable bonds is 4. The number of carbonyl (C=O) groups excluding carboxylic acids is 2. The van der Waals surface area contributed by atoms with Gasteiger partial charge >= 0.3 is 0 Å². The zero-order chi connectivity index (χ0) is 22.5. The summed E-state index contributed by atoms with van der Waals surface area (Å²) in [6.45, 7) is 0. The van der Waals surface area contributed by atoms with E-state index in [-0.39, 0.29) is 23.7 Å². The number of carbonyl (C=O) groups is 2. The van der Waals surface area contributed by atoms with Crippen molar-refractivity contribution in [3.63, 3.8) is 0 Å². The molecule has 1 N–H and O–H groups in total. The van der Waals surface area contributed by atoms with Crippen LogP contribution < -0.4 is 9.64 Å². The van der Waals surface area contributed by atoms with Crippen molar-refractivity contribution in [3.8, 4) is 5.75 Å². The van der Waals surface area contributed by atoms with Crippen molar-refractivity contribution >= 4 is 17.5 Å². The molecule has 3 aliphatic rings. The fourth-order valence-electron chi connectivity index (χ4n) is 6.41. The lowest BCUT2D eigenvalue weighted by Crippen LogP contribution is -2.37. The van der Waals surface area contributed by atoms with E-state index in [1.54, 1.807) is 19.2 Å². The van der Waals surface area contributed by atoms with E-state index >= 15 is 0 Å². The van der Waals surface area contributed by atoms with Gasteiger partial charge in [0.25, 0.3) is 0 Å². The molecule has 3 aromatic rings. The van der Waals surface area contributed by atoms with Gasteiger partial charge in [0.1, 0.15) is 5.75 Å². The first kappa shape index (κ1) is 20.3. The molecule has 0 radical (unpaired) electrons. The zero-order valence-electron chi connectivity index (χ0n) is 18.8. The monoisotopic (exact) mass is 440 g/mol. The van der Waals surface area contributed by atoms with Gasteiger partial charge in [-0.25, -0.2) is 4.90 Å². The average molecular weight is 441 g/mol. The van der Waals surface area contributed by atoms with E-state index in [0.717, 1.165) is 36.9 Å². The lowest BCUT2D eigenvalue weighted by molar-refractivity contribution is -0.123. The van der Waals surface area contributed by atoms with Gasteiger partial charge in [-0.1, -0.05) is 43.2 Å². The number of hydrogen-bond donors (Lipinski definition) is 1. The number of H-pyrrole nitrogens is 1. The fourth-order valence-corrected chi connectivity index (χ4v) is 6.41. The van der Waals surface area contributed by atoms with E-state index in [1.165, 1.54) is 22.6 Å². The second-order valence-electron chi connectivity index (χ2n) is 9.59. The van der Waals surface area contributed by atoms with E-state index in [4.69, 9.17) is 4.74 Å². The van der Waals surface area contributed by atoms with E-state index in [0.29, 0.717) is 17.4 Å². The van der Waals surface area contributed by atoms with Crippen LogP contribution in [-0.4, -0.2) is 23.9 Å². The number of anilines is 1. The van der Waals surface area contributed by atoms with Gasteiger partial charge in [-0.05, 0) is 60.2 Å². The number of methoxy groups -OCH3 is 1. The summed E-state index contributed by atoms with van der Waals surface area (Å²) in [5, 5.41) is 0.